The van der Waals surface area contributed by atoms with Crippen LogP contribution in [0.15, 0.2) is 44.7 Å². The Morgan fingerprint density at radius 2 is 2.07 bits per heavy atom. The number of thiazole rings is 2. The second kappa shape index (κ2) is 8.25. The van der Waals surface area contributed by atoms with E-state index < -0.39 is 0 Å². The van der Waals surface area contributed by atoms with E-state index in [1.807, 2.05) is 12.1 Å². The van der Waals surface area contributed by atoms with Crippen LogP contribution in [0.25, 0.3) is 10.2 Å². The van der Waals surface area contributed by atoms with E-state index in [0.717, 1.165) is 26.6 Å². The van der Waals surface area contributed by atoms with Gasteiger partial charge in [-0.25, -0.2) is 15.0 Å². The standard InChI is InChI=1S/C20H20N4O2S3/c1-20(2,3)7-13-8-21-16(26-13)10-27-17-9-22-19(29-17)24-18(25)12-4-5-14-15(6-12)28-11-23-14/h4-6,8-9,11H,7,10H2,1-3H3,(H,22,24,25). The molecule has 0 aliphatic heterocycles. The zero-order chi connectivity index (χ0) is 20.4. The Hall–Kier alpha value is -2.23. The number of oxazole rings is 1. The Labute approximate surface area is 180 Å². The third-order valence-electron chi connectivity index (χ3n) is 3.94. The number of aromatic nitrogens is 3. The Morgan fingerprint density at radius 1 is 1.21 bits per heavy atom. The molecule has 0 bridgehead atoms. The van der Waals surface area contributed by atoms with E-state index in [0.29, 0.717) is 22.3 Å². The van der Waals surface area contributed by atoms with Crippen molar-refractivity contribution in [3.05, 3.63) is 53.3 Å². The molecule has 4 rings (SSSR count). The van der Waals surface area contributed by atoms with Crippen molar-refractivity contribution in [1.29, 1.82) is 0 Å². The summed E-state index contributed by atoms with van der Waals surface area (Å²) in [5.74, 6) is 2.06. The average molecular weight is 445 g/mol. The van der Waals surface area contributed by atoms with Gasteiger partial charge in [0.25, 0.3) is 5.91 Å². The average Bonchev–Trinajstić information content (AvgIpc) is 3.38. The maximum absolute atomic E-state index is 12.5. The highest BCUT2D eigenvalue weighted by Crippen LogP contribution is 2.31. The Balaban J connectivity index is 1.34. The van der Waals surface area contributed by atoms with Crippen molar-refractivity contribution in [2.45, 2.75) is 37.2 Å². The number of thioether (sulfide) groups is 1. The molecule has 0 unspecified atom stereocenters. The van der Waals surface area contributed by atoms with Crippen molar-refractivity contribution in [3.63, 3.8) is 0 Å². The first-order chi connectivity index (χ1) is 13.9. The zero-order valence-corrected chi connectivity index (χ0v) is 18.7. The number of rotatable bonds is 6. The third kappa shape index (κ3) is 5.23. The lowest BCUT2D eigenvalue weighted by atomic mass is 9.91. The van der Waals surface area contributed by atoms with Gasteiger partial charge >= 0.3 is 0 Å². The van der Waals surface area contributed by atoms with Crippen LogP contribution < -0.4 is 5.32 Å². The van der Waals surface area contributed by atoms with E-state index in [-0.39, 0.29) is 11.3 Å². The summed E-state index contributed by atoms with van der Waals surface area (Å²) in [5.41, 5.74) is 3.43. The van der Waals surface area contributed by atoms with Crippen molar-refractivity contribution in [2.75, 3.05) is 5.32 Å². The first-order valence-corrected chi connectivity index (χ1v) is 11.7. The lowest BCUT2D eigenvalue weighted by Gasteiger charge is -2.15. The van der Waals surface area contributed by atoms with Gasteiger partial charge in [-0.2, -0.15) is 0 Å². The highest BCUT2D eigenvalue weighted by Gasteiger charge is 2.16. The largest absolute Gasteiger partial charge is 0.445 e. The first-order valence-electron chi connectivity index (χ1n) is 9.02. The molecule has 0 saturated heterocycles. The monoisotopic (exact) mass is 444 g/mol. The van der Waals surface area contributed by atoms with Gasteiger partial charge in [-0.3, -0.25) is 10.1 Å². The number of carbonyl (C=O) groups is 1. The molecular weight excluding hydrogens is 424 g/mol. The Morgan fingerprint density at radius 3 is 2.90 bits per heavy atom. The van der Waals surface area contributed by atoms with Gasteiger partial charge in [-0.05, 0) is 23.6 Å². The summed E-state index contributed by atoms with van der Waals surface area (Å²) in [4.78, 5) is 25.4. The molecule has 0 radical (unpaired) electrons. The normalized spacial score (nSPS) is 11.8. The molecular formula is C20H20N4O2S3. The number of nitrogens with one attached hydrogen (secondary N) is 1. The Kier molecular flexibility index (Phi) is 5.71. The molecule has 6 nitrogen and oxygen atoms in total. The molecule has 3 aromatic heterocycles. The van der Waals surface area contributed by atoms with E-state index >= 15 is 0 Å². The number of hydrogen-bond acceptors (Lipinski definition) is 8. The lowest BCUT2D eigenvalue weighted by molar-refractivity contribution is 0.102. The molecule has 0 fully saturated rings. The van der Waals surface area contributed by atoms with Gasteiger partial charge in [-0.15, -0.1) is 23.1 Å². The molecule has 29 heavy (non-hydrogen) atoms. The molecule has 150 valence electrons. The third-order valence-corrected chi connectivity index (χ3v) is 6.83. The van der Waals surface area contributed by atoms with Crippen molar-refractivity contribution in [1.82, 2.24) is 15.0 Å². The van der Waals surface area contributed by atoms with Crippen molar-refractivity contribution in [2.24, 2.45) is 5.41 Å². The van der Waals surface area contributed by atoms with Crippen molar-refractivity contribution >= 4 is 55.7 Å². The van der Waals surface area contributed by atoms with E-state index in [2.05, 4.69) is 41.0 Å². The van der Waals surface area contributed by atoms with E-state index in [4.69, 9.17) is 4.42 Å². The molecule has 1 amide bonds. The summed E-state index contributed by atoms with van der Waals surface area (Å²) in [6, 6.07) is 5.48. The SMILES string of the molecule is CC(C)(C)Cc1cnc(CSc2cnc(NC(=O)c3ccc4ncsc4c3)s2)o1. The maximum Gasteiger partial charge on any atom is 0.257 e. The minimum atomic E-state index is -0.175. The van der Waals surface area contributed by atoms with E-state index in [1.165, 1.54) is 22.7 Å². The van der Waals surface area contributed by atoms with Crippen molar-refractivity contribution < 1.29 is 9.21 Å². The van der Waals surface area contributed by atoms with Gasteiger partial charge in [0.1, 0.15) is 5.76 Å². The second-order valence-electron chi connectivity index (χ2n) is 7.72. The van der Waals surface area contributed by atoms with Gasteiger partial charge in [0.05, 0.1) is 38.1 Å². The molecule has 0 saturated carbocycles. The van der Waals surface area contributed by atoms with Crippen LogP contribution in [0, 0.1) is 5.41 Å². The fraction of sp³-hybridized carbons (Fsp3) is 0.300. The van der Waals surface area contributed by atoms with Crippen LogP contribution in [-0.4, -0.2) is 20.9 Å². The quantitative estimate of drug-likeness (QED) is 0.374. The smallest absolute Gasteiger partial charge is 0.257 e. The number of hydrogen-bond donors (Lipinski definition) is 1. The molecule has 1 aromatic carbocycles. The van der Waals surface area contributed by atoms with Gasteiger partial charge in [0.2, 0.25) is 5.89 Å². The predicted molar refractivity (Wildman–Crippen MR) is 119 cm³/mol. The number of amides is 1. The molecule has 0 aliphatic carbocycles. The predicted octanol–water partition coefficient (Wildman–Crippen LogP) is 5.87. The number of fused-ring (bicyclic) bond motifs is 1. The van der Waals surface area contributed by atoms with Crippen LogP contribution in [0.5, 0.6) is 0 Å². The van der Waals surface area contributed by atoms with Crippen LogP contribution in [0.3, 0.4) is 0 Å². The summed E-state index contributed by atoms with van der Waals surface area (Å²) in [5, 5.41) is 3.44. The van der Waals surface area contributed by atoms with Crippen LogP contribution in [-0.2, 0) is 12.2 Å². The minimum Gasteiger partial charge on any atom is -0.445 e. The topological polar surface area (TPSA) is 80.9 Å². The fourth-order valence-electron chi connectivity index (χ4n) is 2.70. The van der Waals surface area contributed by atoms with Crippen LogP contribution >= 0.6 is 34.4 Å². The number of anilines is 1. The van der Waals surface area contributed by atoms with Gasteiger partial charge in [-0.1, -0.05) is 32.1 Å². The van der Waals surface area contributed by atoms with Crippen molar-refractivity contribution in [3.8, 4) is 0 Å². The molecule has 0 atom stereocenters. The molecule has 1 N–H and O–H groups in total. The minimum absolute atomic E-state index is 0.166. The highest BCUT2D eigenvalue weighted by molar-refractivity contribution is 8.00. The summed E-state index contributed by atoms with van der Waals surface area (Å²) in [6.45, 7) is 6.52. The summed E-state index contributed by atoms with van der Waals surface area (Å²) in [6.07, 6.45) is 4.42. The van der Waals surface area contributed by atoms with Gasteiger partial charge in [0, 0.05) is 12.0 Å². The number of benzene rings is 1. The molecule has 0 aliphatic rings. The zero-order valence-electron chi connectivity index (χ0n) is 16.3. The van der Waals surface area contributed by atoms with Gasteiger partial charge < -0.3 is 4.42 Å². The summed E-state index contributed by atoms with van der Waals surface area (Å²) < 4.78 is 7.80. The molecule has 4 aromatic rings. The molecule has 3 heterocycles. The van der Waals surface area contributed by atoms with Crippen LogP contribution in [0.1, 0.15) is 42.8 Å². The van der Waals surface area contributed by atoms with Crippen LogP contribution in [0.4, 0.5) is 5.13 Å². The lowest BCUT2D eigenvalue weighted by Crippen LogP contribution is -2.11. The fourth-order valence-corrected chi connectivity index (χ4v) is 5.14. The van der Waals surface area contributed by atoms with Gasteiger partial charge in [0.15, 0.2) is 5.13 Å². The number of carbonyl (C=O) groups excluding carboxylic acids is 1. The maximum atomic E-state index is 12.5. The van der Waals surface area contributed by atoms with E-state index in [1.54, 1.807) is 35.7 Å². The summed E-state index contributed by atoms with van der Waals surface area (Å²) >= 11 is 4.55. The molecule has 9 heteroatoms. The Bertz CT molecular complexity index is 1140. The molecule has 0 spiro atoms. The first kappa shape index (κ1) is 20.1. The van der Waals surface area contributed by atoms with Crippen LogP contribution in [0.2, 0.25) is 0 Å². The summed E-state index contributed by atoms with van der Waals surface area (Å²) in [7, 11) is 0. The number of nitrogens with zero attached hydrogens (tertiary/aromatic N) is 3. The second-order valence-corrected chi connectivity index (χ2v) is 10.9. The highest BCUT2D eigenvalue weighted by atomic mass is 32.2. The van der Waals surface area contributed by atoms with E-state index in [9.17, 15) is 4.79 Å².